The van der Waals surface area contributed by atoms with Gasteiger partial charge in [0.1, 0.15) is 0 Å². The standard InChI is InChI=1S/C4H9ClN2O/c5-2-1-3-7-4(6)8/h1-3H2,(H3,6,7,8). The Hall–Kier alpha value is -0.440. The molecule has 0 unspecified atom stereocenters. The predicted molar refractivity (Wildman–Crippen MR) is 32.9 cm³/mol. The molecule has 0 aliphatic carbocycles. The van der Waals surface area contributed by atoms with Crippen molar-refractivity contribution in [1.82, 2.24) is 5.32 Å². The van der Waals surface area contributed by atoms with Gasteiger partial charge in [-0.1, -0.05) is 0 Å². The Morgan fingerprint density at radius 2 is 2.38 bits per heavy atom. The predicted octanol–water partition coefficient (Wildman–Crippen LogP) is 0.284. The summed E-state index contributed by atoms with van der Waals surface area (Å²) >= 11 is 5.29. The Labute approximate surface area is 53.2 Å². The van der Waals surface area contributed by atoms with E-state index in [1.54, 1.807) is 0 Å². The topological polar surface area (TPSA) is 55.1 Å². The maximum atomic E-state index is 9.94. The number of rotatable bonds is 3. The fraction of sp³-hybridized carbons (Fsp3) is 0.750. The molecule has 4 heteroatoms. The van der Waals surface area contributed by atoms with Crippen molar-refractivity contribution in [2.24, 2.45) is 5.73 Å². The minimum absolute atomic E-state index is 0.491. The minimum Gasteiger partial charge on any atom is -0.352 e. The van der Waals surface area contributed by atoms with Crippen molar-refractivity contribution in [2.45, 2.75) is 6.42 Å². The van der Waals surface area contributed by atoms with Gasteiger partial charge in [-0.05, 0) is 6.42 Å². The molecular weight excluding hydrogens is 128 g/mol. The molecule has 0 aromatic carbocycles. The van der Waals surface area contributed by atoms with Gasteiger partial charge < -0.3 is 11.1 Å². The summed E-state index contributed by atoms with van der Waals surface area (Å²) in [5, 5.41) is 2.40. The average molecular weight is 137 g/mol. The number of alkyl halides is 1. The van der Waals surface area contributed by atoms with Crippen LogP contribution in [0.1, 0.15) is 6.42 Å². The highest BCUT2D eigenvalue weighted by Gasteiger charge is 1.87. The van der Waals surface area contributed by atoms with Crippen LogP contribution in [0.25, 0.3) is 0 Å². The number of halogens is 1. The van der Waals surface area contributed by atoms with E-state index < -0.39 is 6.03 Å². The smallest absolute Gasteiger partial charge is 0.312 e. The number of nitrogens with one attached hydrogen (secondary N) is 1. The average Bonchev–Trinajstić information content (AvgIpc) is 1.66. The summed E-state index contributed by atoms with van der Waals surface area (Å²) in [4.78, 5) is 9.94. The second-order valence-electron chi connectivity index (χ2n) is 1.33. The molecule has 0 aromatic rings. The molecule has 3 nitrogen and oxygen atoms in total. The molecule has 0 bridgehead atoms. The zero-order valence-electron chi connectivity index (χ0n) is 4.48. The zero-order chi connectivity index (χ0) is 6.41. The first-order valence-corrected chi connectivity index (χ1v) is 2.90. The first-order chi connectivity index (χ1) is 3.77. The molecule has 0 radical (unpaired) electrons. The van der Waals surface area contributed by atoms with Gasteiger partial charge in [0.25, 0.3) is 0 Å². The second kappa shape index (κ2) is 4.71. The van der Waals surface area contributed by atoms with E-state index in [1.807, 2.05) is 0 Å². The first-order valence-electron chi connectivity index (χ1n) is 2.36. The van der Waals surface area contributed by atoms with Crippen LogP contribution in [-0.2, 0) is 0 Å². The normalized spacial score (nSPS) is 8.62. The quantitative estimate of drug-likeness (QED) is 0.425. The van der Waals surface area contributed by atoms with Crippen molar-refractivity contribution in [3.8, 4) is 0 Å². The molecule has 3 N–H and O–H groups in total. The van der Waals surface area contributed by atoms with Gasteiger partial charge in [0.05, 0.1) is 0 Å². The number of hydrogen-bond acceptors (Lipinski definition) is 1. The Morgan fingerprint density at radius 1 is 1.75 bits per heavy atom. The van der Waals surface area contributed by atoms with Crippen LogP contribution in [0, 0.1) is 0 Å². The number of nitrogens with two attached hydrogens (primary N) is 1. The maximum absolute atomic E-state index is 9.94. The van der Waals surface area contributed by atoms with Crippen LogP contribution in [-0.4, -0.2) is 18.5 Å². The van der Waals surface area contributed by atoms with Crippen LogP contribution in [0.5, 0.6) is 0 Å². The number of amides is 2. The van der Waals surface area contributed by atoms with Crippen molar-refractivity contribution in [2.75, 3.05) is 12.4 Å². The molecule has 0 rings (SSSR count). The molecule has 8 heavy (non-hydrogen) atoms. The summed E-state index contributed by atoms with van der Waals surface area (Å²) in [5.74, 6) is 0.556. The number of carbonyl (C=O) groups is 1. The highest BCUT2D eigenvalue weighted by atomic mass is 35.5. The van der Waals surface area contributed by atoms with Gasteiger partial charge in [-0.3, -0.25) is 0 Å². The Bertz CT molecular complexity index is 76.4. The van der Waals surface area contributed by atoms with E-state index in [-0.39, 0.29) is 0 Å². The summed E-state index contributed by atoms with van der Waals surface area (Å²) in [7, 11) is 0. The van der Waals surface area contributed by atoms with Crippen LogP contribution in [0.4, 0.5) is 4.79 Å². The Kier molecular flexibility index (Phi) is 4.45. The zero-order valence-corrected chi connectivity index (χ0v) is 5.24. The fourth-order valence-electron chi connectivity index (χ4n) is 0.278. The van der Waals surface area contributed by atoms with Crippen LogP contribution in [0.2, 0.25) is 0 Å². The lowest BCUT2D eigenvalue weighted by atomic mass is 10.5. The van der Waals surface area contributed by atoms with Crippen LogP contribution < -0.4 is 11.1 Å². The highest BCUT2D eigenvalue weighted by molar-refractivity contribution is 6.17. The number of carbonyl (C=O) groups excluding carboxylic acids is 1. The van der Waals surface area contributed by atoms with E-state index in [9.17, 15) is 4.79 Å². The third-order valence-electron chi connectivity index (χ3n) is 0.610. The molecule has 48 valence electrons. The first kappa shape index (κ1) is 7.56. The molecule has 0 aromatic heterocycles. The van der Waals surface area contributed by atoms with E-state index in [2.05, 4.69) is 5.32 Å². The molecule has 0 saturated carbocycles. The Balaban J connectivity index is 2.82. The molecule has 0 saturated heterocycles. The molecule has 0 fully saturated rings. The lowest BCUT2D eigenvalue weighted by Gasteiger charge is -1.95. The van der Waals surface area contributed by atoms with Crippen LogP contribution in [0.3, 0.4) is 0 Å². The van der Waals surface area contributed by atoms with E-state index >= 15 is 0 Å². The van der Waals surface area contributed by atoms with Crippen LogP contribution >= 0.6 is 11.6 Å². The maximum Gasteiger partial charge on any atom is 0.312 e. The van der Waals surface area contributed by atoms with Gasteiger partial charge in [-0.25, -0.2) is 4.79 Å². The monoisotopic (exact) mass is 136 g/mol. The highest BCUT2D eigenvalue weighted by Crippen LogP contribution is 1.79. The SMILES string of the molecule is NC(=O)NCCCCl. The van der Waals surface area contributed by atoms with E-state index in [1.165, 1.54) is 0 Å². The minimum atomic E-state index is -0.491. The number of hydrogen-bond donors (Lipinski definition) is 2. The number of primary amides is 1. The van der Waals surface area contributed by atoms with Crippen LogP contribution in [0.15, 0.2) is 0 Å². The van der Waals surface area contributed by atoms with Crippen molar-refractivity contribution < 1.29 is 4.79 Å². The van der Waals surface area contributed by atoms with Gasteiger partial charge in [-0.2, -0.15) is 0 Å². The summed E-state index contributed by atoms with van der Waals surface area (Å²) in [6.07, 6.45) is 0.768. The van der Waals surface area contributed by atoms with E-state index in [0.29, 0.717) is 12.4 Å². The summed E-state index contributed by atoms with van der Waals surface area (Å²) in [6.45, 7) is 0.568. The molecule has 0 spiro atoms. The Morgan fingerprint density at radius 3 is 2.75 bits per heavy atom. The lowest BCUT2D eigenvalue weighted by Crippen LogP contribution is -2.30. The van der Waals surface area contributed by atoms with Gasteiger partial charge in [0.2, 0.25) is 0 Å². The summed E-state index contributed by atoms with van der Waals surface area (Å²) in [6, 6.07) is -0.491. The third-order valence-corrected chi connectivity index (χ3v) is 0.877. The molecule has 0 aliphatic heterocycles. The van der Waals surface area contributed by atoms with Crippen molar-refractivity contribution in [3.63, 3.8) is 0 Å². The number of urea groups is 1. The van der Waals surface area contributed by atoms with Gasteiger partial charge in [0, 0.05) is 12.4 Å². The van der Waals surface area contributed by atoms with Crippen molar-refractivity contribution in [3.05, 3.63) is 0 Å². The lowest BCUT2D eigenvalue weighted by molar-refractivity contribution is 0.249. The summed E-state index contributed by atoms with van der Waals surface area (Å²) in [5.41, 5.74) is 4.74. The van der Waals surface area contributed by atoms with Crippen molar-refractivity contribution >= 4 is 17.6 Å². The van der Waals surface area contributed by atoms with E-state index in [0.717, 1.165) is 6.42 Å². The van der Waals surface area contributed by atoms with Gasteiger partial charge >= 0.3 is 6.03 Å². The molecule has 2 amide bonds. The van der Waals surface area contributed by atoms with Crippen molar-refractivity contribution in [1.29, 1.82) is 0 Å². The molecule has 0 heterocycles. The molecule has 0 aliphatic rings. The van der Waals surface area contributed by atoms with Gasteiger partial charge in [-0.15, -0.1) is 11.6 Å². The van der Waals surface area contributed by atoms with E-state index in [4.69, 9.17) is 17.3 Å². The second-order valence-corrected chi connectivity index (χ2v) is 1.71. The molecule has 0 atom stereocenters. The van der Waals surface area contributed by atoms with Gasteiger partial charge in [0.15, 0.2) is 0 Å². The largest absolute Gasteiger partial charge is 0.352 e. The molecular formula is C4H9ClN2O. The third kappa shape index (κ3) is 5.56. The summed E-state index contributed by atoms with van der Waals surface area (Å²) < 4.78 is 0. The fourth-order valence-corrected chi connectivity index (χ4v) is 0.412.